The second kappa shape index (κ2) is 12.1. The molecule has 0 fully saturated rings. The lowest BCUT2D eigenvalue weighted by Gasteiger charge is -2.21. The van der Waals surface area contributed by atoms with E-state index in [1.54, 1.807) is 18.2 Å². The summed E-state index contributed by atoms with van der Waals surface area (Å²) in [7, 11) is 0. The fraction of sp³-hybridized carbons (Fsp3) is 0.129. The summed E-state index contributed by atoms with van der Waals surface area (Å²) in [5, 5.41) is 42.7. The molecule has 1 unspecified atom stereocenters. The van der Waals surface area contributed by atoms with Crippen LogP contribution in [-0.2, 0) is 14.3 Å². The zero-order valence-corrected chi connectivity index (χ0v) is 22.0. The molecule has 0 aromatic heterocycles. The van der Waals surface area contributed by atoms with Gasteiger partial charge in [-0.15, -0.1) is 0 Å². The number of hydrogen-bond acceptors (Lipinski definition) is 10. The van der Waals surface area contributed by atoms with E-state index in [9.17, 15) is 34.8 Å². The largest absolute Gasteiger partial charge is 0.508 e. The van der Waals surface area contributed by atoms with E-state index in [4.69, 9.17) is 14.2 Å². The highest BCUT2D eigenvalue weighted by Crippen LogP contribution is 2.56. The van der Waals surface area contributed by atoms with Gasteiger partial charge in [-0.1, -0.05) is 42.5 Å². The second-order valence-corrected chi connectivity index (χ2v) is 9.05. The number of carbonyl (C=O) groups is 3. The van der Waals surface area contributed by atoms with E-state index in [1.807, 2.05) is 0 Å². The van der Waals surface area contributed by atoms with E-state index >= 15 is 0 Å². The Bertz CT molecular complexity index is 1580. The summed E-state index contributed by atoms with van der Waals surface area (Å²) in [6.07, 6.45) is -1.23. The van der Waals surface area contributed by atoms with Gasteiger partial charge in [0.15, 0.2) is 23.0 Å². The SMILES string of the molecule is CC(=O)OC(C)CC(=O)Oc1c(O)c(-c2ccc(O)cc2)c(OC(=O)c2ccccc2)c(O)c1-c1ccc(O)cc1. The van der Waals surface area contributed by atoms with Crippen molar-refractivity contribution >= 4 is 17.9 Å². The average molecular weight is 559 g/mol. The van der Waals surface area contributed by atoms with Crippen LogP contribution in [0.5, 0.6) is 34.5 Å². The number of phenols is 4. The minimum absolute atomic E-state index is 0.0906. The third-order valence-electron chi connectivity index (χ3n) is 5.91. The van der Waals surface area contributed by atoms with Gasteiger partial charge in [0.1, 0.15) is 17.6 Å². The molecule has 4 N–H and O–H groups in total. The number of hydrogen-bond donors (Lipinski definition) is 4. The first kappa shape index (κ1) is 28.5. The lowest BCUT2D eigenvalue weighted by molar-refractivity contribution is -0.148. The number of aromatic hydroxyl groups is 4. The standard InChI is InChI=1S/C31H26O10/c1-17(39-18(2)32)16-24(35)40-29-25(19-8-12-22(33)13-9-19)28(37)30(41-31(38)21-6-4-3-5-7-21)26(27(29)36)20-10-14-23(34)15-11-20/h3-15,17,33-34,36-37H,16H2,1-2H3. The Balaban J connectivity index is 1.94. The van der Waals surface area contributed by atoms with Gasteiger partial charge in [0.2, 0.25) is 0 Å². The van der Waals surface area contributed by atoms with Gasteiger partial charge in [0.25, 0.3) is 0 Å². The van der Waals surface area contributed by atoms with Crippen molar-refractivity contribution in [2.75, 3.05) is 0 Å². The first-order valence-electron chi connectivity index (χ1n) is 12.4. The van der Waals surface area contributed by atoms with Crippen LogP contribution in [0.25, 0.3) is 22.3 Å². The summed E-state index contributed by atoms with van der Waals surface area (Å²) in [4.78, 5) is 37.2. The molecule has 0 bridgehead atoms. The smallest absolute Gasteiger partial charge is 0.343 e. The lowest BCUT2D eigenvalue weighted by atomic mass is 9.95. The molecule has 0 amide bonds. The molecule has 0 radical (unpaired) electrons. The van der Waals surface area contributed by atoms with Crippen LogP contribution in [0.3, 0.4) is 0 Å². The third kappa shape index (κ3) is 6.56. The summed E-state index contributed by atoms with van der Waals surface area (Å²) in [5.41, 5.74) is 0.138. The number of carbonyl (C=O) groups excluding carboxylic acids is 3. The van der Waals surface area contributed by atoms with Crippen LogP contribution < -0.4 is 9.47 Å². The zero-order valence-electron chi connectivity index (χ0n) is 22.0. The monoisotopic (exact) mass is 558 g/mol. The summed E-state index contributed by atoms with van der Waals surface area (Å²) >= 11 is 0. The highest BCUT2D eigenvalue weighted by molar-refractivity contribution is 5.98. The number of ether oxygens (including phenoxy) is 3. The summed E-state index contributed by atoms with van der Waals surface area (Å²) in [5.74, 6) is -4.78. The Morgan fingerprint density at radius 1 is 0.683 bits per heavy atom. The van der Waals surface area contributed by atoms with Gasteiger partial charge in [0.05, 0.1) is 23.1 Å². The number of esters is 3. The maximum absolute atomic E-state index is 13.1. The Morgan fingerprint density at radius 2 is 1.15 bits per heavy atom. The molecule has 4 aromatic rings. The Hall–Kier alpha value is -5.51. The zero-order chi connectivity index (χ0) is 29.7. The minimum Gasteiger partial charge on any atom is -0.508 e. The van der Waals surface area contributed by atoms with E-state index in [2.05, 4.69) is 0 Å². The fourth-order valence-corrected chi connectivity index (χ4v) is 4.11. The van der Waals surface area contributed by atoms with Crippen molar-refractivity contribution in [2.45, 2.75) is 26.4 Å². The minimum atomic E-state index is -0.904. The van der Waals surface area contributed by atoms with E-state index in [-0.39, 0.29) is 45.7 Å². The van der Waals surface area contributed by atoms with Crippen molar-refractivity contribution in [1.82, 2.24) is 0 Å². The molecule has 0 heterocycles. The first-order valence-corrected chi connectivity index (χ1v) is 12.4. The number of phenolic OH excluding ortho intramolecular Hbond substituents is 4. The Labute approximate surface area is 234 Å². The molecule has 0 saturated carbocycles. The predicted octanol–water partition coefficient (Wildman–Crippen LogP) is 5.31. The normalized spacial score (nSPS) is 11.4. The fourth-order valence-electron chi connectivity index (χ4n) is 4.11. The van der Waals surface area contributed by atoms with Crippen LogP contribution in [0.2, 0.25) is 0 Å². The molecule has 1 atom stereocenters. The van der Waals surface area contributed by atoms with Gasteiger partial charge < -0.3 is 34.6 Å². The molecular formula is C31H26O10. The number of rotatable bonds is 8. The maximum Gasteiger partial charge on any atom is 0.343 e. The van der Waals surface area contributed by atoms with Crippen LogP contribution in [0, 0.1) is 0 Å². The van der Waals surface area contributed by atoms with Crippen molar-refractivity contribution in [3.63, 3.8) is 0 Å². The molecule has 4 aromatic carbocycles. The van der Waals surface area contributed by atoms with E-state index in [1.165, 1.54) is 74.5 Å². The van der Waals surface area contributed by atoms with Crippen LogP contribution >= 0.6 is 0 Å². The molecule has 41 heavy (non-hydrogen) atoms. The molecule has 0 aliphatic carbocycles. The van der Waals surface area contributed by atoms with Crippen molar-refractivity contribution in [3.8, 4) is 56.8 Å². The summed E-state index contributed by atoms with van der Waals surface area (Å²) in [6, 6.07) is 18.8. The van der Waals surface area contributed by atoms with Gasteiger partial charge in [-0.25, -0.2) is 4.79 Å². The topological polar surface area (TPSA) is 160 Å². The van der Waals surface area contributed by atoms with Gasteiger partial charge >= 0.3 is 17.9 Å². The highest BCUT2D eigenvalue weighted by atomic mass is 16.6. The van der Waals surface area contributed by atoms with Crippen LogP contribution in [0.1, 0.15) is 30.6 Å². The van der Waals surface area contributed by atoms with Gasteiger partial charge in [-0.3, -0.25) is 9.59 Å². The molecule has 10 heteroatoms. The molecule has 0 saturated heterocycles. The van der Waals surface area contributed by atoms with E-state index in [0.717, 1.165) is 0 Å². The van der Waals surface area contributed by atoms with Crippen LogP contribution in [-0.4, -0.2) is 44.4 Å². The van der Waals surface area contributed by atoms with Crippen LogP contribution in [0.4, 0.5) is 0 Å². The molecule has 0 aliphatic heterocycles. The van der Waals surface area contributed by atoms with Crippen LogP contribution in [0.15, 0.2) is 78.9 Å². The van der Waals surface area contributed by atoms with Crippen molar-refractivity contribution < 1.29 is 49.0 Å². The van der Waals surface area contributed by atoms with Crippen molar-refractivity contribution in [1.29, 1.82) is 0 Å². The second-order valence-electron chi connectivity index (χ2n) is 9.05. The third-order valence-corrected chi connectivity index (χ3v) is 5.91. The first-order chi connectivity index (χ1) is 19.5. The van der Waals surface area contributed by atoms with E-state index in [0.29, 0.717) is 0 Å². The highest BCUT2D eigenvalue weighted by Gasteiger charge is 2.31. The molecule has 4 rings (SSSR count). The summed E-state index contributed by atoms with van der Waals surface area (Å²) in [6.45, 7) is 2.67. The molecule has 10 nitrogen and oxygen atoms in total. The summed E-state index contributed by atoms with van der Waals surface area (Å²) < 4.78 is 16.1. The Morgan fingerprint density at radius 3 is 1.61 bits per heavy atom. The molecular weight excluding hydrogens is 532 g/mol. The molecule has 210 valence electrons. The van der Waals surface area contributed by atoms with Gasteiger partial charge in [-0.05, 0) is 54.4 Å². The van der Waals surface area contributed by atoms with Gasteiger partial charge in [-0.2, -0.15) is 0 Å². The average Bonchev–Trinajstić information content (AvgIpc) is 2.93. The quantitative estimate of drug-likeness (QED) is 0.127. The van der Waals surface area contributed by atoms with Gasteiger partial charge in [0, 0.05) is 6.92 Å². The number of benzene rings is 4. The molecule has 0 spiro atoms. The van der Waals surface area contributed by atoms with Crippen molar-refractivity contribution in [3.05, 3.63) is 84.4 Å². The predicted molar refractivity (Wildman–Crippen MR) is 147 cm³/mol. The van der Waals surface area contributed by atoms with Crippen molar-refractivity contribution in [2.24, 2.45) is 0 Å². The maximum atomic E-state index is 13.1. The van der Waals surface area contributed by atoms with E-state index < -0.39 is 47.0 Å². The molecule has 0 aliphatic rings. The Kier molecular flexibility index (Phi) is 8.43. The lowest BCUT2D eigenvalue weighted by Crippen LogP contribution is -2.20.